The molecule has 1 saturated heterocycles. The van der Waals surface area contributed by atoms with Crippen molar-refractivity contribution in [2.24, 2.45) is 0 Å². The summed E-state index contributed by atoms with van der Waals surface area (Å²) in [4.78, 5) is 21.4. The van der Waals surface area contributed by atoms with Gasteiger partial charge in [-0.25, -0.2) is 9.97 Å². The van der Waals surface area contributed by atoms with Crippen LogP contribution in [0, 0.1) is 10.1 Å². The Kier molecular flexibility index (Phi) is 5.54. The molecule has 0 unspecified atom stereocenters. The lowest BCUT2D eigenvalue weighted by molar-refractivity contribution is -0.384. The van der Waals surface area contributed by atoms with Crippen LogP contribution in [0.25, 0.3) is 0 Å². The number of rotatable bonds is 6. The highest BCUT2D eigenvalue weighted by molar-refractivity contribution is 7.99. The highest BCUT2D eigenvalue weighted by atomic mass is 32.2. The number of nitrogens with one attached hydrogen (secondary N) is 1. The van der Waals surface area contributed by atoms with Crippen LogP contribution in [-0.4, -0.2) is 46.6 Å². The van der Waals surface area contributed by atoms with Crippen molar-refractivity contribution in [3.63, 3.8) is 0 Å². The summed E-state index contributed by atoms with van der Waals surface area (Å²) in [6, 6.07) is 6.45. The highest BCUT2D eigenvalue weighted by Gasteiger charge is 2.14. The SMILES string of the molecule is COc1ccc([N+](=O)[O-])cc1CNc1cc(N2CCSCC2)ncn1. The minimum atomic E-state index is -0.417. The average Bonchev–Trinajstić information content (AvgIpc) is 2.67. The van der Waals surface area contributed by atoms with Gasteiger partial charge in [0.15, 0.2) is 0 Å². The molecule has 2 aromatic rings. The lowest BCUT2D eigenvalue weighted by Crippen LogP contribution is -2.33. The molecule has 3 rings (SSSR count). The highest BCUT2D eigenvalue weighted by Crippen LogP contribution is 2.25. The van der Waals surface area contributed by atoms with E-state index < -0.39 is 4.92 Å². The fraction of sp³-hybridized carbons (Fsp3) is 0.375. The van der Waals surface area contributed by atoms with Gasteiger partial charge in [-0.1, -0.05) is 0 Å². The molecule has 0 bridgehead atoms. The Bertz CT molecular complexity index is 752. The first-order valence-corrected chi connectivity index (χ1v) is 9.03. The van der Waals surface area contributed by atoms with Crippen LogP contribution in [0.5, 0.6) is 5.75 Å². The fourth-order valence-electron chi connectivity index (χ4n) is 2.61. The molecule has 0 radical (unpaired) electrons. The van der Waals surface area contributed by atoms with E-state index in [0.29, 0.717) is 23.7 Å². The van der Waals surface area contributed by atoms with Crippen LogP contribution in [0.1, 0.15) is 5.56 Å². The Morgan fingerprint density at radius 2 is 2.12 bits per heavy atom. The molecule has 25 heavy (non-hydrogen) atoms. The first kappa shape index (κ1) is 17.3. The largest absolute Gasteiger partial charge is 0.496 e. The van der Waals surface area contributed by atoms with Crippen molar-refractivity contribution in [2.75, 3.05) is 41.9 Å². The summed E-state index contributed by atoms with van der Waals surface area (Å²) < 4.78 is 5.28. The second kappa shape index (κ2) is 8.02. The Labute approximate surface area is 149 Å². The molecule has 1 aromatic heterocycles. The zero-order valence-electron chi connectivity index (χ0n) is 13.8. The Balaban J connectivity index is 1.73. The number of hydrogen-bond donors (Lipinski definition) is 1. The second-order valence-electron chi connectivity index (χ2n) is 5.47. The number of hydrogen-bond acceptors (Lipinski definition) is 8. The van der Waals surface area contributed by atoms with Crippen LogP contribution in [0.15, 0.2) is 30.6 Å². The maximum absolute atomic E-state index is 11.0. The predicted octanol–water partition coefficient (Wildman–Crippen LogP) is 2.56. The van der Waals surface area contributed by atoms with Crippen LogP contribution in [0.3, 0.4) is 0 Å². The van der Waals surface area contributed by atoms with Crippen LogP contribution in [-0.2, 0) is 6.54 Å². The van der Waals surface area contributed by atoms with Crippen LogP contribution in [0.2, 0.25) is 0 Å². The monoisotopic (exact) mass is 361 g/mol. The molecule has 1 aliphatic heterocycles. The smallest absolute Gasteiger partial charge is 0.270 e. The zero-order chi connectivity index (χ0) is 17.6. The quantitative estimate of drug-likeness (QED) is 0.620. The van der Waals surface area contributed by atoms with Gasteiger partial charge in [0.2, 0.25) is 0 Å². The average molecular weight is 361 g/mol. The number of nitro benzene ring substituents is 1. The maximum atomic E-state index is 11.0. The van der Waals surface area contributed by atoms with E-state index in [-0.39, 0.29) is 5.69 Å². The Hall–Kier alpha value is -2.55. The third-order valence-corrected chi connectivity index (χ3v) is 4.86. The number of thioether (sulfide) groups is 1. The number of nitro groups is 1. The van der Waals surface area contributed by atoms with Gasteiger partial charge in [0.25, 0.3) is 5.69 Å². The van der Waals surface area contributed by atoms with Crippen molar-refractivity contribution in [2.45, 2.75) is 6.54 Å². The van der Waals surface area contributed by atoms with Crippen molar-refractivity contribution in [3.8, 4) is 5.75 Å². The lowest BCUT2D eigenvalue weighted by Gasteiger charge is -2.27. The van der Waals surface area contributed by atoms with Crippen LogP contribution >= 0.6 is 11.8 Å². The molecule has 2 heterocycles. The number of ether oxygens (including phenoxy) is 1. The van der Waals surface area contributed by atoms with Crippen molar-refractivity contribution in [1.29, 1.82) is 0 Å². The number of anilines is 2. The van der Waals surface area contributed by atoms with E-state index in [1.165, 1.54) is 18.5 Å². The summed E-state index contributed by atoms with van der Waals surface area (Å²) in [5, 5.41) is 14.2. The molecule has 0 aliphatic carbocycles. The topological polar surface area (TPSA) is 93.4 Å². The summed E-state index contributed by atoms with van der Waals surface area (Å²) >= 11 is 1.94. The molecular formula is C16H19N5O3S. The number of nitrogens with zero attached hydrogens (tertiary/aromatic N) is 4. The van der Waals surface area contributed by atoms with E-state index in [4.69, 9.17) is 4.74 Å². The molecule has 0 atom stereocenters. The van der Waals surface area contributed by atoms with E-state index in [9.17, 15) is 10.1 Å². The molecule has 1 fully saturated rings. The number of benzene rings is 1. The molecule has 1 N–H and O–H groups in total. The van der Waals surface area contributed by atoms with Crippen molar-refractivity contribution in [3.05, 3.63) is 46.3 Å². The molecule has 1 aliphatic rings. The summed E-state index contributed by atoms with van der Waals surface area (Å²) in [6.07, 6.45) is 1.53. The summed E-state index contributed by atoms with van der Waals surface area (Å²) in [7, 11) is 1.54. The van der Waals surface area contributed by atoms with Crippen molar-refractivity contribution >= 4 is 29.1 Å². The van der Waals surface area contributed by atoms with Gasteiger partial charge in [0.1, 0.15) is 23.7 Å². The minimum absolute atomic E-state index is 0.0341. The van der Waals surface area contributed by atoms with E-state index in [2.05, 4.69) is 20.2 Å². The molecule has 9 heteroatoms. The molecular weight excluding hydrogens is 342 g/mol. The van der Waals surface area contributed by atoms with E-state index >= 15 is 0 Å². The van der Waals surface area contributed by atoms with Gasteiger partial charge in [-0.15, -0.1) is 0 Å². The van der Waals surface area contributed by atoms with Gasteiger partial charge >= 0.3 is 0 Å². The van der Waals surface area contributed by atoms with E-state index in [1.807, 2.05) is 17.8 Å². The van der Waals surface area contributed by atoms with Crippen molar-refractivity contribution < 1.29 is 9.66 Å². The summed E-state index contributed by atoms with van der Waals surface area (Å²) in [6.45, 7) is 2.32. The Morgan fingerprint density at radius 1 is 1.32 bits per heavy atom. The lowest BCUT2D eigenvalue weighted by atomic mass is 10.1. The van der Waals surface area contributed by atoms with Gasteiger partial charge in [-0.2, -0.15) is 11.8 Å². The normalized spacial score (nSPS) is 14.2. The van der Waals surface area contributed by atoms with Gasteiger partial charge in [-0.3, -0.25) is 10.1 Å². The summed E-state index contributed by atoms with van der Waals surface area (Å²) in [5.41, 5.74) is 0.734. The molecule has 0 saturated carbocycles. The molecule has 132 valence electrons. The fourth-order valence-corrected chi connectivity index (χ4v) is 3.51. The van der Waals surface area contributed by atoms with Crippen molar-refractivity contribution in [1.82, 2.24) is 9.97 Å². The second-order valence-corrected chi connectivity index (χ2v) is 6.69. The minimum Gasteiger partial charge on any atom is -0.496 e. The van der Waals surface area contributed by atoms with Gasteiger partial charge < -0.3 is 15.0 Å². The van der Waals surface area contributed by atoms with Gasteiger partial charge in [0, 0.05) is 54.9 Å². The standard InChI is InChI=1S/C16H19N5O3S/c1-24-14-3-2-13(21(22)23)8-12(14)10-17-15-9-16(19-11-18-15)20-4-6-25-7-5-20/h2-3,8-9,11H,4-7,10H2,1H3,(H,17,18,19). The van der Waals surface area contributed by atoms with E-state index in [0.717, 1.165) is 30.4 Å². The zero-order valence-corrected chi connectivity index (χ0v) is 14.7. The number of non-ortho nitro benzene ring substituents is 1. The molecule has 0 amide bonds. The maximum Gasteiger partial charge on any atom is 0.270 e. The van der Waals surface area contributed by atoms with Crippen LogP contribution in [0.4, 0.5) is 17.3 Å². The van der Waals surface area contributed by atoms with Gasteiger partial charge in [-0.05, 0) is 6.07 Å². The third-order valence-electron chi connectivity index (χ3n) is 3.92. The third kappa shape index (κ3) is 4.30. The van der Waals surface area contributed by atoms with Gasteiger partial charge in [0.05, 0.1) is 12.0 Å². The first-order chi connectivity index (χ1) is 12.2. The number of aromatic nitrogens is 2. The van der Waals surface area contributed by atoms with E-state index in [1.54, 1.807) is 13.2 Å². The number of methoxy groups -OCH3 is 1. The summed E-state index contributed by atoms with van der Waals surface area (Å²) in [5.74, 6) is 4.36. The predicted molar refractivity (Wildman–Crippen MR) is 98.5 cm³/mol. The molecule has 1 aromatic carbocycles. The Morgan fingerprint density at radius 3 is 2.84 bits per heavy atom. The molecule has 0 spiro atoms. The molecule has 8 nitrogen and oxygen atoms in total. The van der Waals surface area contributed by atoms with Crippen LogP contribution < -0.4 is 15.0 Å². The first-order valence-electron chi connectivity index (χ1n) is 7.87.